The van der Waals surface area contributed by atoms with Gasteiger partial charge in [-0.15, -0.1) is 0 Å². The number of nitrogen functional groups attached to an aromatic ring is 2. The minimum atomic E-state index is -5.03. The molecule has 236 valence electrons. The number of aromatic amines is 1. The van der Waals surface area contributed by atoms with E-state index in [9.17, 15) is 24.5 Å². The first-order valence-corrected chi connectivity index (χ1v) is 14.8. The van der Waals surface area contributed by atoms with Crippen molar-refractivity contribution in [2.45, 2.75) is 62.4 Å². The molecule has 3 aliphatic rings. The van der Waals surface area contributed by atoms with Gasteiger partial charge in [-0.1, -0.05) is 0 Å². The van der Waals surface area contributed by atoms with Crippen LogP contribution in [0.15, 0.2) is 23.8 Å². The Morgan fingerprint density at radius 2 is 1.75 bits per heavy atom. The van der Waals surface area contributed by atoms with Crippen LogP contribution in [-0.2, 0) is 27.8 Å². The van der Waals surface area contributed by atoms with Gasteiger partial charge in [0.2, 0.25) is 5.95 Å². The molecule has 4 aromatic heterocycles. The Labute approximate surface area is 244 Å². The van der Waals surface area contributed by atoms with Crippen LogP contribution >= 0.6 is 7.82 Å². The standard InChI is InChI=1S/C22H26FN10O10P/c23-10-7-1-2-9(34)41-21-13(35)14(20(42-21)33-6-29-12-17(33)30-22(25)31-18(12)36)43-44(37,38)39-3-8(7)40-19(10)32-5-28-11-15(24)26-4-27-16(11)32/h4-10,13-14,19-21,34-35H,1-3H2,(H,37,38)(H2,24,26,27)(H3,25,30,31,36). The van der Waals surface area contributed by atoms with Gasteiger partial charge in [0.15, 0.2) is 53.8 Å². The zero-order chi connectivity index (χ0) is 30.9. The lowest BCUT2D eigenvalue weighted by molar-refractivity contribution is -0.249. The molecule has 0 aromatic carbocycles. The van der Waals surface area contributed by atoms with Crippen molar-refractivity contribution in [3.05, 3.63) is 29.3 Å². The molecule has 4 aromatic rings. The van der Waals surface area contributed by atoms with Crippen molar-refractivity contribution in [3.63, 3.8) is 0 Å². The molecule has 0 saturated carbocycles. The van der Waals surface area contributed by atoms with E-state index >= 15 is 4.39 Å². The van der Waals surface area contributed by atoms with E-state index in [1.165, 1.54) is 17.2 Å². The summed E-state index contributed by atoms with van der Waals surface area (Å²) in [6.45, 7) is -0.616. The molecule has 3 fully saturated rings. The molecule has 7 rings (SSSR count). The van der Waals surface area contributed by atoms with Crippen LogP contribution in [0.4, 0.5) is 16.2 Å². The molecule has 0 aliphatic carbocycles. The molecule has 44 heavy (non-hydrogen) atoms. The Bertz CT molecular complexity index is 1820. The molecular weight excluding hydrogens is 614 g/mol. The van der Waals surface area contributed by atoms with Gasteiger partial charge in [0.1, 0.15) is 24.1 Å². The molecule has 10 unspecified atom stereocenters. The van der Waals surface area contributed by atoms with Crippen LogP contribution < -0.4 is 17.0 Å². The van der Waals surface area contributed by atoms with Crippen molar-refractivity contribution in [1.82, 2.24) is 39.0 Å². The van der Waals surface area contributed by atoms with Gasteiger partial charge in [-0.3, -0.25) is 28.0 Å². The molecule has 22 heteroatoms. The first-order valence-electron chi connectivity index (χ1n) is 13.3. The summed E-state index contributed by atoms with van der Waals surface area (Å²) in [5.41, 5.74) is 11.1. The number of hydrogen-bond donors (Lipinski definition) is 6. The number of nitrogens with two attached hydrogens (primary N) is 2. The predicted octanol–water partition coefficient (Wildman–Crippen LogP) is -1.18. The molecule has 3 saturated heterocycles. The van der Waals surface area contributed by atoms with Gasteiger partial charge in [0.25, 0.3) is 5.56 Å². The molecule has 0 spiro atoms. The van der Waals surface area contributed by atoms with Crippen molar-refractivity contribution < 1.29 is 47.3 Å². The zero-order valence-corrected chi connectivity index (χ0v) is 23.3. The lowest BCUT2D eigenvalue weighted by Crippen LogP contribution is -2.36. The number of rotatable bonds is 2. The number of hydrogen-bond acceptors (Lipinski definition) is 16. The van der Waals surface area contributed by atoms with E-state index in [1.54, 1.807) is 0 Å². The van der Waals surface area contributed by atoms with E-state index in [4.69, 9.17) is 34.7 Å². The smallest absolute Gasteiger partial charge is 0.385 e. The lowest BCUT2D eigenvalue weighted by Gasteiger charge is -2.25. The largest absolute Gasteiger partial charge is 0.472 e. The van der Waals surface area contributed by atoms with Gasteiger partial charge in [0, 0.05) is 5.92 Å². The van der Waals surface area contributed by atoms with Crippen LogP contribution in [0.5, 0.6) is 0 Å². The highest BCUT2D eigenvalue weighted by Crippen LogP contribution is 2.51. The van der Waals surface area contributed by atoms with Crippen LogP contribution in [0.1, 0.15) is 25.3 Å². The van der Waals surface area contributed by atoms with Gasteiger partial charge in [-0.2, -0.15) is 4.98 Å². The summed E-state index contributed by atoms with van der Waals surface area (Å²) in [4.78, 5) is 45.4. The minimum absolute atomic E-state index is 0.0407. The predicted molar refractivity (Wildman–Crippen MR) is 141 cm³/mol. The number of aliphatic hydroxyl groups excluding tert-OH is 2. The van der Waals surface area contributed by atoms with Crippen molar-refractivity contribution in [2.75, 3.05) is 18.1 Å². The van der Waals surface area contributed by atoms with Crippen LogP contribution in [0, 0.1) is 5.92 Å². The number of aromatic nitrogens is 8. The first-order chi connectivity index (χ1) is 21.0. The maximum absolute atomic E-state index is 15.9. The van der Waals surface area contributed by atoms with Gasteiger partial charge >= 0.3 is 7.82 Å². The van der Waals surface area contributed by atoms with Crippen molar-refractivity contribution in [3.8, 4) is 0 Å². The monoisotopic (exact) mass is 640 g/mol. The Balaban J connectivity index is 1.18. The highest BCUT2D eigenvalue weighted by Gasteiger charge is 2.53. The SMILES string of the molecule is Nc1nc2c(ncn2C2OC3OC(O)CCC4C(COP(=O)(O)OC2C3O)OC(n2cnc3c(N)ncnc32)C4F)c(=O)[nH]1. The second-order valence-electron chi connectivity index (χ2n) is 10.4. The number of alkyl halides is 1. The van der Waals surface area contributed by atoms with E-state index in [2.05, 4.69) is 29.9 Å². The van der Waals surface area contributed by atoms with E-state index in [1.807, 2.05) is 0 Å². The van der Waals surface area contributed by atoms with Crippen molar-refractivity contribution in [2.24, 2.45) is 5.92 Å². The maximum Gasteiger partial charge on any atom is 0.472 e. The van der Waals surface area contributed by atoms with Gasteiger partial charge < -0.3 is 40.8 Å². The number of ether oxygens (including phenoxy) is 3. The fourth-order valence-electron chi connectivity index (χ4n) is 5.66. The number of phosphoric acid groups is 1. The first kappa shape index (κ1) is 29.1. The summed E-state index contributed by atoms with van der Waals surface area (Å²) >= 11 is 0. The number of fused-ring (bicyclic) bond motifs is 5. The molecule has 20 nitrogen and oxygen atoms in total. The average molecular weight is 640 g/mol. The number of anilines is 2. The number of phosphoric ester groups is 1. The number of halogens is 1. The summed E-state index contributed by atoms with van der Waals surface area (Å²) in [6, 6.07) is 0. The second-order valence-corrected chi connectivity index (χ2v) is 11.8. The topological polar surface area (TPSA) is 283 Å². The quantitative estimate of drug-likeness (QED) is 0.141. The third-order valence-corrected chi connectivity index (χ3v) is 8.71. The van der Waals surface area contributed by atoms with E-state index in [-0.39, 0.29) is 46.9 Å². The summed E-state index contributed by atoms with van der Waals surface area (Å²) < 4.78 is 59.4. The zero-order valence-electron chi connectivity index (χ0n) is 22.4. The molecule has 2 bridgehead atoms. The van der Waals surface area contributed by atoms with Crippen LogP contribution in [-0.4, -0.2) is 97.8 Å². The Morgan fingerprint density at radius 1 is 1.00 bits per heavy atom. The fourth-order valence-corrected chi connectivity index (χ4v) is 6.60. The van der Waals surface area contributed by atoms with Gasteiger partial charge in [0.05, 0.1) is 25.4 Å². The molecule has 0 radical (unpaired) electrons. The van der Waals surface area contributed by atoms with Gasteiger partial charge in [-0.25, -0.2) is 28.9 Å². The maximum atomic E-state index is 15.9. The van der Waals surface area contributed by atoms with E-state index < -0.39 is 75.4 Å². The van der Waals surface area contributed by atoms with E-state index in [0.29, 0.717) is 0 Å². The Hall–Kier alpha value is -3.66. The number of imidazole rings is 2. The van der Waals surface area contributed by atoms with Crippen LogP contribution in [0.3, 0.4) is 0 Å². The van der Waals surface area contributed by atoms with Crippen LogP contribution in [0.2, 0.25) is 0 Å². The molecule has 3 aliphatic heterocycles. The summed E-state index contributed by atoms with van der Waals surface area (Å²) in [5.74, 6) is -1.13. The van der Waals surface area contributed by atoms with E-state index in [0.717, 1.165) is 10.9 Å². The third-order valence-electron chi connectivity index (χ3n) is 7.72. The number of nitrogens with one attached hydrogen (secondary N) is 1. The highest BCUT2D eigenvalue weighted by atomic mass is 31.2. The normalized spacial score (nSPS) is 36.6. The summed E-state index contributed by atoms with van der Waals surface area (Å²) in [5, 5.41) is 21.7. The molecule has 0 amide bonds. The second kappa shape index (κ2) is 10.8. The number of nitrogens with zero attached hydrogens (tertiary/aromatic N) is 7. The molecule has 7 heterocycles. The average Bonchev–Trinajstić information content (AvgIpc) is 3.72. The third kappa shape index (κ3) is 4.91. The number of aliphatic hydroxyl groups is 2. The van der Waals surface area contributed by atoms with Crippen molar-refractivity contribution >= 4 is 41.9 Å². The number of H-pyrrole nitrogens is 1. The summed E-state index contributed by atoms with van der Waals surface area (Å²) in [7, 11) is -5.03. The minimum Gasteiger partial charge on any atom is -0.385 e. The Morgan fingerprint density at radius 3 is 2.55 bits per heavy atom. The highest BCUT2D eigenvalue weighted by molar-refractivity contribution is 7.47. The van der Waals surface area contributed by atoms with Crippen LogP contribution in [0.25, 0.3) is 22.3 Å². The molecule has 10 atom stereocenters. The molecular formula is C22H26FN10O10P. The lowest BCUT2D eigenvalue weighted by atomic mass is 9.93. The van der Waals surface area contributed by atoms with Crippen molar-refractivity contribution in [1.29, 1.82) is 0 Å². The Kier molecular flexibility index (Phi) is 7.10. The summed E-state index contributed by atoms with van der Waals surface area (Å²) in [6.07, 6.45) is -8.75. The fraction of sp³-hybridized carbons (Fsp3) is 0.545. The van der Waals surface area contributed by atoms with Gasteiger partial charge in [-0.05, 0) is 12.8 Å². The molecule has 8 N–H and O–H groups in total.